The van der Waals surface area contributed by atoms with E-state index in [-0.39, 0.29) is 0 Å². The van der Waals surface area contributed by atoms with Crippen LogP contribution >= 0.6 is 11.9 Å². The van der Waals surface area contributed by atoms with E-state index in [0.717, 1.165) is 28.5 Å². The second-order valence-electron chi connectivity index (χ2n) is 4.78. The summed E-state index contributed by atoms with van der Waals surface area (Å²) in [5.41, 5.74) is 3.28. The lowest BCUT2D eigenvalue weighted by molar-refractivity contribution is 0.582. The van der Waals surface area contributed by atoms with Gasteiger partial charge in [-0.25, -0.2) is 0 Å². The van der Waals surface area contributed by atoms with Crippen molar-refractivity contribution < 1.29 is 4.42 Å². The van der Waals surface area contributed by atoms with Gasteiger partial charge in [-0.3, -0.25) is 4.98 Å². The van der Waals surface area contributed by atoms with E-state index in [1.54, 1.807) is 12.5 Å². The van der Waals surface area contributed by atoms with E-state index in [4.69, 9.17) is 4.42 Å². The summed E-state index contributed by atoms with van der Waals surface area (Å²) in [4.78, 5) is 5.18. The predicted molar refractivity (Wildman–Crippen MR) is 90.6 cm³/mol. The van der Waals surface area contributed by atoms with Crippen molar-refractivity contribution in [1.82, 2.24) is 10.3 Å². The first kappa shape index (κ1) is 14.7. The maximum absolute atomic E-state index is 5.56. The Kier molecular flexibility index (Phi) is 4.78. The van der Waals surface area contributed by atoms with Gasteiger partial charge in [0.2, 0.25) is 0 Å². The standard InChI is InChI=1S/C17H17N3OS/c1-18-11-13-6-7-16(15(10-13)17-5-3-9-21-17)20-22-14-4-2-8-19-12-14/h2-10,12,18,20H,11H2,1H3. The first-order valence-electron chi connectivity index (χ1n) is 7.01. The van der Waals surface area contributed by atoms with Crippen LogP contribution in [0.15, 0.2) is 70.4 Å². The van der Waals surface area contributed by atoms with Crippen molar-refractivity contribution in [2.45, 2.75) is 11.4 Å². The summed E-state index contributed by atoms with van der Waals surface area (Å²) in [6.45, 7) is 0.823. The van der Waals surface area contributed by atoms with Crippen LogP contribution in [-0.2, 0) is 6.54 Å². The SMILES string of the molecule is CNCc1ccc(NSc2cccnc2)c(-c2ccco2)c1. The van der Waals surface area contributed by atoms with Crippen LogP contribution in [0.2, 0.25) is 0 Å². The zero-order chi connectivity index (χ0) is 15.2. The number of hydrogen-bond acceptors (Lipinski definition) is 5. The number of furan rings is 1. The van der Waals surface area contributed by atoms with Gasteiger partial charge < -0.3 is 14.5 Å². The minimum atomic E-state index is 0.823. The summed E-state index contributed by atoms with van der Waals surface area (Å²) in [5, 5.41) is 3.17. The molecule has 0 spiro atoms. The van der Waals surface area contributed by atoms with E-state index in [9.17, 15) is 0 Å². The summed E-state index contributed by atoms with van der Waals surface area (Å²) in [5.74, 6) is 0.854. The van der Waals surface area contributed by atoms with Crippen LogP contribution < -0.4 is 10.0 Å². The molecule has 3 rings (SSSR count). The fraction of sp³-hybridized carbons (Fsp3) is 0.118. The monoisotopic (exact) mass is 311 g/mol. The van der Waals surface area contributed by atoms with Crippen molar-refractivity contribution in [2.24, 2.45) is 0 Å². The summed E-state index contributed by atoms with van der Waals surface area (Å²) >= 11 is 1.53. The molecule has 0 aliphatic carbocycles. The first-order valence-corrected chi connectivity index (χ1v) is 7.83. The van der Waals surface area contributed by atoms with E-state index in [0.29, 0.717) is 0 Å². The average Bonchev–Trinajstić information content (AvgIpc) is 3.09. The highest BCUT2D eigenvalue weighted by molar-refractivity contribution is 8.00. The van der Waals surface area contributed by atoms with E-state index in [2.05, 4.69) is 33.2 Å². The third-order valence-corrected chi connectivity index (χ3v) is 3.96. The zero-order valence-corrected chi connectivity index (χ0v) is 13.1. The number of benzene rings is 1. The Balaban J connectivity index is 1.86. The van der Waals surface area contributed by atoms with E-state index < -0.39 is 0 Å². The molecule has 4 nitrogen and oxygen atoms in total. The van der Waals surface area contributed by atoms with Gasteiger partial charge in [0, 0.05) is 29.4 Å². The summed E-state index contributed by atoms with van der Waals surface area (Å²) < 4.78 is 8.95. The molecule has 0 atom stereocenters. The molecule has 2 N–H and O–H groups in total. The fourth-order valence-electron chi connectivity index (χ4n) is 2.15. The highest BCUT2D eigenvalue weighted by Gasteiger charge is 2.09. The fourth-order valence-corrected chi connectivity index (χ4v) is 2.82. The van der Waals surface area contributed by atoms with Gasteiger partial charge in [0.25, 0.3) is 0 Å². The number of anilines is 1. The van der Waals surface area contributed by atoms with Crippen molar-refractivity contribution in [3.8, 4) is 11.3 Å². The Labute approximate surface area is 134 Å². The van der Waals surface area contributed by atoms with Gasteiger partial charge >= 0.3 is 0 Å². The highest BCUT2D eigenvalue weighted by Crippen LogP contribution is 2.32. The number of pyridine rings is 1. The minimum absolute atomic E-state index is 0.823. The summed E-state index contributed by atoms with van der Waals surface area (Å²) in [6.07, 6.45) is 5.29. The van der Waals surface area contributed by atoms with Crippen LogP contribution in [0.5, 0.6) is 0 Å². The third kappa shape index (κ3) is 3.50. The quantitative estimate of drug-likeness (QED) is 0.669. The Hall–Kier alpha value is -2.24. The van der Waals surface area contributed by atoms with Crippen LogP contribution in [0.3, 0.4) is 0 Å². The molecule has 2 heterocycles. The Morgan fingerprint density at radius 1 is 1.18 bits per heavy atom. The second kappa shape index (κ2) is 7.15. The third-order valence-electron chi connectivity index (χ3n) is 3.16. The molecular weight excluding hydrogens is 294 g/mol. The molecule has 2 aromatic heterocycles. The lowest BCUT2D eigenvalue weighted by Crippen LogP contribution is -2.05. The van der Waals surface area contributed by atoms with Crippen molar-refractivity contribution in [2.75, 3.05) is 11.8 Å². The van der Waals surface area contributed by atoms with Crippen molar-refractivity contribution in [3.63, 3.8) is 0 Å². The van der Waals surface area contributed by atoms with Crippen LogP contribution in [0, 0.1) is 0 Å². The second-order valence-corrected chi connectivity index (χ2v) is 5.66. The van der Waals surface area contributed by atoms with Gasteiger partial charge in [0.1, 0.15) is 5.76 Å². The van der Waals surface area contributed by atoms with E-state index in [1.807, 2.05) is 37.5 Å². The molecule has 0 bridgehead atoms. The molecular formula is C17H17N3OS. The maximum Gasteiger partial charge on any atom is 0.135 e. The first-order chi connectivity index (χ1) is 10.9. The molecule has 112 valence electrons. The van der Waals surface area contributed by atoms with Crippen LogP contribution in [0.1, 0.15) is 5.56 Å². The van der Waals surface area contributed by atoms with E-state index >= 15 is 0 Å². The average molecular weight is 311 g/mol. The highest BCUT2D eigenvalue weighted by atomic mass is 32.2. The van der Waals surface area contributed by atoms with Gasteiger partial charge in [0.15, 0.2) is 0 Å². The van der Waals surface area contributed by atoms with Gasteiger partial charge in [-0.05, 0) is 61.0 Å². The summed E-state index contributed by atoms with van der Waals surface area (Å²) in [7, 11) is 1.94. The van der Waals surface area contributed by atoms with Gasteiger partial charge in [-0.15, -0.1) is 0 Å². The molecule has 0 aliphatic heterocycles. The molecule has 0 saturated carbocycles. The Morgan fingerprint density at radius 2 is 2.14 bits per heavy atom. The lowest BCUT2D eigenvalue weighted by Gasteiger charge is -2.12. The molecule has 5 heteroatoms. The molecule has 0 unspecified atom stereocenters. The maximum atomic E-state index is 5.56. The molecule has 0 aliphatic rings. The number of aromatic nitrogens is 1. The Bertz CT molecular complexity index is 714. The molecule has 3 aromatic rings. The zero-order valence-electron chi connectivity index (χ0n) is 12.2. The Morgan fingerprint density at radius 3 is 2.86 bits per heavy atom. The van der Waals surface area contributed by atoms with E-state index in [1.165, 1.54) is 17.5 Å². The topological polar surface area (TPSA) is 50.1 Å². The van der Waals surface area contributed by atoms with Gasteiger partial charge in [-0.2, -0.15) is 0 Å². The van der Waals surface area contributed by atoms with Crippen LogP contribution in [0.25, 0.3) is 11.3 Å². The number of hydrogen-bond donors (Lipinski definition) is 2. The molecule has 0 saturated heterocycles. The lowest BCUT2D eigenvalue weighted by atomic mass is 10.1. The van der Waals surface area contributed by atoms with Gasteiger partial charge in [-0.1, -0.05) is 6.07 Å². The van der Waals surface area contributed by atoms with Crippen LogP contribution in [0.4, 0.5) is 5.69 Å². The largest absolute Gasteiger partial charge is 0.464 e. The summed E-state index contributed by atoms with van der Waals surface area (Å²) in [6, 6.07) is 14.1. The number of rotatable bonds is 6. The van der Waals surface area contributed by atoms with Crippen LogP contribution in [-0.4, -0.2) is 12.0 Å². The molecule has 0 radical (unpaired) electrons. The molecule has 0 fully saturated rings. The van der Waals surface area contributed by atoms with Gasteiger partial charge in [0.05, 0.1) is 12.0 Å². The molecule has 1 aromatic carbocycles. The number of nitrogens with zero attached hydrogens (tertiary/aromatic N) is 1. The van der Waals surface area contributed by atoms with Crippen molar-refractivity contribution >= 4 is 17.6 Å². The molecule has 22 heavy (non-hydrogen) atoms. The van der Waals surface area contributed by atoms with Crippen molar-refractivity contribution in [1.29, 1.82) is 0 Å². The molecule has 0 amide bonds. The smallest absolute Gasteiger partial charge is 0.135 e. The number of nitrogens with one attached hydrogen (secondary N) is 2. The van der Waals surface area contributed by atoms with Crippen molar-refractivity contribution in [3.05, 3.63) is 66.7 Å². The minimum Gasteiger partial charge on any atom is -0.464 e. The normalized spacial score (nSPS) is 10.6. The predicted octanol–water partition coefficient (Wildman–Crippen LogP) is 4.18.